The average Bonchev–Trinajstić information content (AvgIpc) is 2.85. The molecule has 0 saturated carbocycles. The van der Waals surface area contributed by atoms with Crippen LogP contribution in [0.15, 0.2) is 49.0 Å². The van der Waals surface area contributed by atoms with Crippen LogP contribution in [0, 0.1) is 0 Å². The number of hydrogen-bond donors (Lipinski definition) is 0. The Hall–Kier alpha value is -2.79. The Balaban J connectivity index is 1.65. The van der Waals surface area contributed by atoms with E-state index in [0.29, 0.717) is 27.6 Å². The molecule has 0 radical (unpaired) electrons. The van der Waals surface area contributed by atoms with Crippen LogP contribution >= 0.6 is 11.6 Å². The van der Waals surface area contributed by atoms with Gasteiger partial charge >= 0.3 is 5.97 Å². The fraction of sp³-hybridized carbons (Fsp3) is 0.158. The number of nitrogens with zero attached hydrogens (tertiary/aromatic N) is 1. The molecule has 1 aliphatic heterocycles. The topological polar surface area (TPSA) is 55.8 Å². The van der Waals surface area contributed by atoms with Crippen LogP contribution in [0.4, 0.5) is 0 Å². The van der Waals surface area contributed by atoms with Gasteiger partial charge in [-0.25, -0.2) is 0 Å². The van der Waals surface area contributed by atoms with Gasteiger partial charge in [0, 0.05) is 27.4 Å². The van der Waals surface area contributed by atoms with E-state index in [-0.39, 0.29) is 19.1 Å². The van der Waals surface area contributed by atoms with Gasteiger partial charge in [0.05, 0.1) is 7.11 Å². The third kappa shape index (κ3) is 3.37. The van der Waals surface area contributed by atoms with E-state index >= 15 is 0 Å². The largest absolute Gasteiger partial charge is 0.496 e. The summed E-state index contributed by atoms with van der Waals surface area (Å²) in [6.07, 6.45) is 0. The molecule has 1 aliphatic rings. The van der Waals surface area contributed by atoms with Crippen molar-refractivity contribution in [2.45, 2.75) is 6.61 Å². The van der Waals surface area contributed by atoms with E-state index in [0.717, 1.165) is 5.56 Å². The van der Waals surface area contributed by atoms with Crippen LogP contribution in [0.1, 0.15) is 21.5 Å². The number of carbonyl (C=O) groups is 2. The number of halogens is 1. The first kappa shape index (κ1) is 17.0. The molecule has 0 fully saturated rings. The van der Waals surface area contributed by atoms with Gasteiger partial charge < -0.3 is 9.47 Å². The van der Waals surface area contributed by atoms with Gasteiger partial charge in [-0.3, -0.25) is 14.5 Å². The van der Waals surface area contributed by atoms with Crippen molar-refractivity contribution >= 4 is 29.2 Å². The highest BCUT2D eigenvalue weighted by Gasteiger charge is 2.32. The molecule has 0 aliphatic carbocycles. The molecule has 0 bridgehead atoms. The van der Waals surface area contributed by atoms with E-state index in [1.165, 1.54) is 12.0 Å². The molecule has 128 valence electrons. The molecule has 25 heavy (non-hydrogen) atoms. The van der Waals surface area contributed by atoms with Gasteiger partial charge in [0.15, 0.2) is 0 Å². The first-order chi connectivity index (χ1) is 12.0. The lowest BCUT2D eigenvalue weighted by Crippen LogP contribution is -2.30. The molecule has 0 saturated heterocycles. The Morgan fingerprint density at radius 1 is 1.20 bits per heavy atom. The van der Waals surface area contributed by atoms with E-state index in [2.05, 4.69) is 6.58 Å². The van der Waals surface area contributed by atoms with E-state index in [9.17, 15) is 9.59 Å². The van der Waals surface area contributed by atoms with Crippen LogP contribution in [0.2, 0.25) is 5.02 Å². The van der Waals surface area contributed by atoms with Crippen LogP contribution in [0.5, 0.6) is 5.75 Å². The maximum Gasteiger partial charge on any atom is 0.326 e. The average molecular weight is 358 g/mol. The zero-order valence-electron chi connectivity index (χ0n) is 13.6. The minimum absolute atomic E-state index is 0.00399. The van der Waals surface area contributed by atoms with Crippen molar-refractivity contribution in [2.24, 2.45) is 0 Å². The molecule has 0 atom stereocenters. The van der Waals surface area contributed by atoms with Gasteiger partial charge in [-0.05, 0) is 24.3 Å². The maximum atomic E-state index is 12.4. The molecule has 0 N–H and O–H groups in total. The quantitative estimate of drug-likeness (QED) is 0.768. The van der Waals surface area contributed by atoms with E-state index in [4.69, 9.17) is 21.1 Å². The standard InChI is InChI=1S/C19H16ClNO4/c1-12-15-5-3-4-6-16(15)19(23)21(12)10-18(22)25-11-13-9-14(20)7-8-17(13)24-2/h3-9H,1,10-11H2,2H3. The Kier molecular flexibility index (Phi) is 4.76. The van der Waals surface area contributed by atoms with Crippen molar-refractivity contribution in [2.75, 3.05) is 13.7 Å². The first-order valence-corrected chi connectivity index (χ1v) is 7.97. The second-order valence-corrected chi connectivity index (χ2v) is 5.94. The van der Waals surface area contributed by atoms with E-state index < -0.39 is 5.97 Å². The van der Waals surface area contributed by atoms with Crippen LogP contribution in [-0.2, 0) is 16.1 Å². The van der Waals surface area contributed by atoms with Gasteiger partial charge in [0.25, 0.3) is 5.91 Å². The lowest BCUT2D eigenvalue weighted by Gasteiger charge is -2.17. The first-order valence-electron chi connectivity index (χ1n) is 7.59. The fourth-order valence-corrected chi connectivity index (χ4v) is 2.89. The number of carbonyl (C=O) groups excluding carboxylic acids is 2. The summed E-state index contributed by atoms with van der Waals surface area (Å²) < 4.78 is 10.5. The Morgan fingerprint density at radius 2 is 1.92 bits per heavy atom. The highest BCUT2D eigenvalue weighted by Crippen LogP contribution is 2.31. The van der Waals surface area contributed by atoms with Crippen LogP contribution in [0.25, 0.3) is 5.70 Å². The third-order valence-corrected chi connectivity index (χ3v) is 4.19. The minimum Gasteiger partial charge on any atom is -0.496 e. The number of rotatable bonds is 5. The molecule has 6 heteroatoms. The molecule has 5 nitrogen and oxygen atoms in total. The molecule has 0 spiro atoms. The van der Waals surface area contributed by atoms with Crippen molar-refractivity contribution in [3.63, 3.8) is 0 Å². The van der Waals surface area contributed by atoms with Crippen LogP contribution in [0.3, 0.4) is 0 Å². The zero-order chi connectivity index (χ0) is 18.0. The number of esters is 1. The fourth-order valence-electron chi connectivity index (χ4n) is 2.69. The zero-order valence-corrected chi connectivity index (χ0v) is 14.4. The molecular weight excluding hydrogens is 342 g/mol. The molecule has 1 amide bonds. The predicted molar refractivity (Wildman–Crippen MR) is 94.3 cm³/mol. The third-order valence-electron chi connectivity index (χ3n) is 3.96. The Bertz CT molecular complexity index is 827. The van der Waals surface area contributed by atoms with E-state index in [1.807, 2.05) is 6.07 Å². The molecular formula is C19H16ClNO4. The number of amides is 1. The van der Waals surface area contributed by atoms with Crippen molar-refractivity contribution in [3.05, 3.63) is 70.8 Å². The van der Waals surface area contributed by atoms with Crippen LogP contribution in [-0.4, -0.2) is 30.4 Å². The number of methoxy groups -OCH3 is 1. The molecule has 2 aromatic rings. The van der Waals surface area contributed by atoms with Crippen molar-refractivity contribution < 1.29 is 19.1 Å². The molecule has 1 heterocycles. The summed E-state index contributed by atoms with van der Waals surface area (Å²) in [5, 5.41) is 0.519. The van der Waals surface area contributed by atoms with Gasteiger partial charge in [0.2, 0.25) is 0 Å². The number of ether oxygens (including phenoxy) is 2. The summed E-state index contributed by atoms with van der Waals surface area (Å²) in [5.74, 6) is -0.214. The summed E-state index contributed by atoms with van der Waals surface area (Å²) in [4.78, 5) is 25.9. The number of hydrogen-bond acceptors (Lipinski definition) is 4. The second-order valence-electron chi connectivity index (χ2n) is 5.50. The van der Waals surface area contributed by atoms with Crippen molar-refractivity contribution in [1.82, 2.24) is 4.90 Å². The van der Waals surface area contributed by atoms with Crippen LogP contribution < -0.4 is 4.74 Å². The summed E-state index contributed by atoms with van der Waals surface area (Å²) in [7, 11) is 1.53. The Labute approximate surface area is 150 Å². The molecule has 0 unspecified atom stereocenters. The summed E-state index contributed by atoms with van der Waals surface area (Å²) in [6, 6.07) is 12.2. The highest BCUT2D eigenvalue weighted by atomic mass is 35.5. The molecule has 0 aromatic heterocycles. The number of benzene rings is 2. The smallest absolute Gasteiger partial charge is 0.326 e. The van der Waals surface area contributed by atoms with Gasteiger partial charge in [-0.1, -0.05) is 36.4 Å². The monoisotopic (exact) mass is 357 g/mol. The summed E-state index contributed by atoms with van der Waals surface area (Å²) in [6.45, 7) is 3.70. The lowest BCUT2D eigenvalue weighted by atomic mass is 10.1. The lowest BCUT2D eigenvalue weighted by molar-refractivity contribution is -0.145. The van der Waals surface area contributed by atoms with Gasteiger partial charge in [-0.15, -0.1) is 0 Å². The van der Waals surface area contributed by atoms with Gasteiger partial charge in [-0.2, -0.15) is 0 Å². The molecule has 2 aromatic carbocycles. The molecule has 3 rings (SSSR count). The highest BCUT2D eigenvalue weighted by molar-refractivity contribution is 6.30. The van der Waals surface area contributed by atoms with E-state index in [1.54, 1.807) is 36.4 Å². The Morgan fingerprint density at radius 3 is 2.60 bits per heavy atom. The number of fused-ring (bicyclic) bond motifs is 1. The summed E-state index contributed by atoms with van der Waals surface area (Å²) in [5.41, 5.74) is 2.42. The predicted octanol–water partition coefficient (Wildman–Crippen LogP) is 3.52. The second kappa shape index (κ2) is 6.99. The van der Waals surface area contributed by atoms with Gasteiger partial charge in [0.1, 0.15) is 18.9 Å². The van der Waals surface area contributed by atoms with Crippen molar-refractivity contribution in [1.29, 1.82) is 0 Å². The SMILES string of the molecule is C=C1c2ccccc2C(=O)N1CC(=O)OCc1cc(Cl)ccc1OC. The maximum absolute atomic E-state index is 12.4. The van der Waals surface area contributed by atoms with Crippen molar-refractivity contribution in [3.8, 4) is 5.75 Å². The minimum atomic E-state index is -0.538. The normalized spacial score (nSPS) is 13.0. The summed E-state index contributed by atoms with van der Waals surface area (Å²) >= 11 is 5.96.